The number of nitrogens with zero attached hydrogens (tertiary/aromatic N) is 1. The largest absolute Gasteiger partial charge is 0.493 e. The van der Waals surface area contributed by atoms with Crippen molar-refractivity contribution in [3.63, 3.8) is 0 Å². The predicted octanol–water partition coefficient (Wildman–Crippen LogP) is 2.30. The number of ether oxygens (including phenoxy) is 3. The Bertz CT molecular complexity index is 897. The Balaban J connectivity index is 1.71. The Labute approximate surface area is 166 Å². The van der Waals surface area contributed by atoms with Gasteiger partial charge in [-0.05, 0) is 51.4 Å². The van der Waals surface area contributed by atoms with Crippen molar-refractivity contribution in [3.05, 3.63) is 35.4 Å². The summed E-state index contributed by atoms with van der Waals surface area (Å²) >= 11 is 0. The van der Waals surface area contributed by atoms with E-state index in [1.807, 2.05) is 6.92 Å². The van der Waals surface area contributed by atoms with Gasteiger partial charge < -0.3 is 24.2 Å². The number of hydrogen-bond donors (Lipinski definition) is 1. The standard InChI is InChI=1S/C23H29NO4/c1-13(25)15-12-21-7-8-23(15,27-4)20-22(21)9-10-24(2)17(21)11-14-5-6-16(26-3)19(28-20)18(14)22/h5-8,13,15,17,20,25H,9-12H2,1-4H3/t13-,15?,17-,20-,21-,22+,23-/m1/s1. The van der Waals surface area contributed by atoms with Gasteiger partial charge in [0.1, 0.15) is 11.7 Å². The summed E-state index contributed by atoms with van der Waals surface area (Å²) in [4.78, 5) is 2.53. The average Bonchev–Trinajstić information content (AvgIpc) is 3.07. The van der Waals surface area contributed by atoms with E-state index >= 15 is 0 Å². The molecule has 1 aromatic carbocycles. The summed E-state index contributed by atoms with van der Waals surface area (Å²) in [5.74, 6) is 1.74. The van der Waals surface area contributed by atoms with Crippen LogP contribution in [0, 0.1) is 11.3 Å². The Morgan fingerprint density at radius 2 is 2.11 bits per heavy atom. The number of piperidine rings is 1. The third-order valence-corrected chi connectivity index (χ3v) is 8.91. The number of likely N-dealkylation sites (N-methyl/N-ethyl adjacent to an activating group) is 1. The maximum absolute atomic E-state index is 10.8. The topological polar surface area (TPSA) is 51.2 Å². The Kier molecular flexibility index (Phi) is 3.17. The van der Waals surface area contributed by atoms with Gasteiger partial charge in [-0.15, -0.1) is 0 Å². The second-order valence-electron chi connectivity index (χ2n) is 9.53. The van der Waals surface area contributed by atoms with E-state index in [2.05, 4.69) is 36.2 Å². The van der Waals surface area contributed by atoms with E-state index in [-0.39, 0.29) is 22.9 Å². The van der Waals surface area contributed by atoms with Crippen molar-refractivity contribution in [2.24, 2.45) is 11.3 Å². The molecule has 2 heterocycles. The quantitative estimate of drug-likeness (QED) is 0.812. The Morgan fingerprint density at radius 3 is 2.82 bits per heavy atom. The van der Waals surface area contributed by atoms with Crippen molar-refractivity contribution in [2.45, 2.75) is 55.5 Å². The minimum Gasteiger partial charge on any atom is -0.493 e. The van der Waals surface area contributed by atoms with Crippen molar-refractivity contribution < 1.29 is 19.3 Å². The van der Waals surface area contributed by atoms with Crippen LogP contribution in [-0.4, -0.2) is 61.7 Å². The number of aliphatic hydroxyl groups is 1. The molecule has 0 amide bonds. The Morgan fingerprint density at radius 1 is 1.29 bits per heavy atom. The summed E-state index contributed by atoms with van der Waals surface area (Å²) in [5.41, 5.74) is 1.97. The zero-order valence-corrected chi connectivity index (χ0v) is 17.1. The molecule has 7 atom stereocenters. The lowest BCUT2D eigenvalue weighted by atomic mass is 9.37. The zero-order valence-electron chi connectivity index (χ0n) is 17.1. The molecule has 7 rings (SSSR count). The molecule has 28 heavy (non-hydrogen) atoms. The van der Waals surface area contributed by atoms with Crippen LogP contribution in [0.3, 0.4) is 0 Å². The van der Waals surface area contributed by atoms with Gasteiger partial charge in [0, 0.05) is 30.0 Å². The predicted molar refractivity (Wildman–Crippen MR) is 105 cm³/mol. The molecule has 1 unspecified atom stereocenters. The van der Waals surface area contributed by atoms with Gasteiger partial charge >= 0.3 is 0 Å². The Hall–Kier alpha value is -1.56. The SMILES string of the molecule is COc1ccc2c3c1O[C@@H]1[C@]34CCN(C)[C@H](C2)[C@]42C=C[C@@]1(OC)C([C@@H](C)O)C2. The van der Waals surface area contributed by atoms with Crippen LogP contribution in [-0.2, 0) is 16.6 Å². The molecule has 1 saturated heterocycles. The van der Waals surface area contributed by atoms with Gasteiger partial charge in [0.25, 0.3) is 0 Å². The van der Waals surface area contributed by atoms with Crippen LogP contribution >= 0.6 is 0 Å². The molecule has 2 fully saturated rings. The summed E-state index contributed by atoms with van der Waals surface area (Å²) in [5, 5.41) is 10.8. The van der Waals surface area contributed by atoms with E-state index in [0.29, 0.717) is 6.04 Å². The summed E-state index contributed by atoms with van der Waals surface area (Å²) in [6.45, 7) is 2.95. The number of hydrogen-bond acceptors (Lipinski definition) is 5. The highest BCUT2D eigenvalue weighted by atomic mass is 16.6. The minimum atomic E-state index is -0.616. The van der Waals surface area contributed by atoms with Crippen LogP contribution in [0.2, 0.25) is 0 Å². The highest BCUT2D eigenvalue weighted by molar-refractivity contribution is 5.65. The number of aliphatic hydroxyl groups excluding tert-OH is 1. The fraction of sp³-hybridized carbons (Fsp3) is 0.652. The molecule has 5 heteroatoms. The van der Waals surface area contributed by atoms with Crippen LogP contribution < -0.4 is 9.47 Å². The maximum Gasteiger partial charge on any atom is 0.166 e. The van der Waals surface area contributed by atoms with Crippen LogP contribution in [0.5, 0.6) is 11.5 Å². The second-order valence-corrected chi connectivity index (χ2v) is 9.53. The maximum atomic E-state index is 10.8. The number of likely N-dealkylation sites (tertiary alicyclic amines) is 1. The molecule has 0 aromatic heterocycles. The zero-order chi connectivity index (χ0) is 19.5. The third-order valence-electron chi connectivity index (χ3n) is 8.91. The van der Waals surface area contributed by atoms with Crippen molar-refractivity contribution in [3.8, 4) is 11.5 Å². The van der Waals surface area contributed by atoms with Crippen LogP contribution in [0.15, 0.2) is 24.3 Å². The second kappa shape index (κ2) is 5.13. The molecule has 1 aromatic rings. The van der Waals surface area contributed by atoms with E-state index in [0.717, 1.165) is 37.3 Å². The van der Waals surface area contributed by atoms with Gasteiger partial charge in [0.2, 0.25) is 0 Å². The smallest absolute Gasteiger partial charge is 0.166 e. The summed E-state index contributed by atoms with van der Waals surface area (Å²) in [7, 11) is 5.74. The number of methoxy groups -OCH3 is 2. The van der Waals surface area contributed by atoms with E-state index in [4.69, 9.17) is 14.2 Å². The fourth-order valence-electron chi connectivity index (χ4n) is 7.81. The molecule has 150 valence electrons. The van der Waals surface area contributed by atoms with Crippen molar-refractivity contribution >= 4 is 0 Å². The lowest BCUT2D eigenvalue weighted by Gasteiger charge is -2.71. The van der Waals surface area contributed by atoms with Gasteiger partial charge in [0.15, 0.2) is 11.5 Å². The number of rotatable bonds is 3. The molecule has 2 aliphatic heterocycles. The highest BCUT2D eigenvalue weighted by Crippen LogP contribution is 2.74. The first-order valence-corrected chi connectivity index (χ1v) is 10.5. The molecule has 4 aliphatic carbocycles. The summed E-state index contributed by atoms with van der Waals surface area (Å²) in [6, 6.07) is 4.70. The van der Waals surface area contributed by atoms with Crippen molar-refractivity contribution in [1.29, 1.82) is 0 Å². The van der Waals surface area contributed by atoms with E-state index in [1.165, 1.54) is 11.1 Å². The molecule has 2 spiro atoms. The number of fused-ring (bicyclic) bond motifs is 1. The van der Waals surface area contributed by atoms with Crippen LogP contribution in [0.4, 0.5) is 0 Å². The third kappa shape index (κ3) is 1.54. The van der Waals surface area contributed by atoms with Gasteiger partial charge in [-0.2, -0.15) is 0 Å². The molecule has 6 aliphatic rings. The monoisotopic (exact) mass is 383 g/mol. The van der Waals surface area contributed by atoms with E-state index < -0.39 is 11.7 Å². The minimum absolute atomic E-state index is 0.0106. The first-order valence-electron chi connectivity index (χ1n) is 10.5. The lowest BCUT2D eigenvalue weighted by Crippen LogP contribution is -2.79. The van der Waals surface area contributed by atoms with Crippen molar-refractivity contribution in [2.75, 3.05) is 27.8 Å². The summed E-state index contributed by atoms with van der Waals surface area (Å²) < 4.78 is 18.8. The van der Waals surface area contributed by atoms with Crippen LogP contribution in [0.25, 0.3) is 0 Å². The molecule has 4 bridgehead atoms. The molecular weight excluding hydrogens is 354 g/mol. The van der Waals surface area contributed by atoms with E-state index in [9.17, 15) is 5.11 Å². The molecule has 5 nitrogen and oxygen atoms in total. The first kappa shape index (κ1) is 17.3. The number of benzene rings is 1. The highest BCUT2D eigenvalue weighted by Gasteiger charge is 2.79. The molecular formula is C23H29NO4. The van der Waals surface area contributed by atoms with Gasteiger partial charge in [-0.25, -0.2) is 0 Å². The van der Waals surface area contributed by atoms with Crippen molar-refractivity contribution in [1.82, 2.24) is 4.90 Å². The lowest BCUT2D eigenvalue weighted by molar-refractivity contribution is -0.228. The normalized spacial score (nSPS) is 45.5. The van der Waals surface area contributed by atoms with Gasteiger partial charge in [-0.3, -0.25) is 0 Å². The first-order chi connectivity index (χ1) is 13.4. The van der Waals surface area contributed by atoms with Gasteiger partial charge in [-0.1, -0.05) is 18.2 Å². The van der Waals surface area contributed by atoms with Crippen LogP contribution in [0.1, 0.15) is 30.9 Å². The van der Waals surface area contributed by atoms with E-state index in [1.54, 1.807) is 14.2 Å². The van der Waals surface area contributed by atoms with Gasteiger partial charge in [0.05, 0.1) is 18.6 Å². The molecule has 1 saturated carbocycles. The molecule has 1 N–H and O–H groups in total. The fourth-order valence-corrected chi connectivity index (χ4v) is 7.81. The average molecular weight is 383 g/mol. The summed E-state index contributed by atoms with van der Waals surface area (Å²) in [6.07, 6.45) is 7.06. The molecule has 0 radical (unpaired) electrons.